The molecule has 0 fully saturated rings. The zero-order valence-electron chi connectivity index (χ0n) is 8.38. The van der Waals surface area contributed by atoms with Gasteiger partial charge in [0.1, 0.15) is 5.52 Å². The van der Waals surface area contributed by atoms with Crippen molar-refractivity contribution in [2.45, 2.75) is 0 Å². The van der Waals surface area contributed by atoms with Gasteiger partial charge in [0.2, 0.25) is 0 Å². The number of esters is 1. The highest BCUT2D eigenvalue weighted by atomic mass is 16.5. The van der Waals surface area contributed by atoms with Gasteiger partial charge in [0.05, 0.1) is 18.2 Å². The van der Waals surface area contributed by atoms with E-state index in [1.54, 1.807) is 0 Å². The van der Waals surface area contributed by atoms with Crippen LogP contribution < -0.4 is 5.73 Å². The lowest BCUT2D eigenvalue weighted by atomic mass is 10.2. The summed E-state index contributed by atoms with van der Waals surface area (Å²) in [7, 11) is 1.28. The van der Waals surface area contributed by atoms with Crippen molar-refractivity contribution in [3.8, 4) is 0 Å². The van der Waals surface area contributed by atoms with Crippen molar-refractivity contribution in [3.63, 3.8) is 0 Å². The number of rotatable bonds is 1. The molecule has 7 nitrogen and oxygen atoms in total. The van der Waals surface area contributed by atoms with Crippen molar-refractivity contribution >= 4 is 23.0 Å². The number of amides is 1. The molecule has 0 spiro atoms. The molecule has 0 aliphatic heterocycles. The van der Waals surface area contributed by atoms with E-state index in [1.807, 2.05) is 0 Å². The molecule has 0 aliphatic rings. The third-order valence-electron chi connectivity index (χ3n) is 2.08. The van der Waals surface area contributed by atoms with Gasteiger partial charge < -0.3 is 10.5 Å². The smallest absolute Gasteiger partial charge is 0.341 e. The fourth-order valence-corrected chi connectivity index (χ4v) is 1.33. The Bertz CT molecular complexity index is 575. The number of aromatic nitrogens is 3. The molecule has 0 atom stereocenters. The maximum Gasteiger partial charge on any atom is 0.341 e. The molecule has 0 radical (unpaired) electrons. The standard InChI is InChI=1S/C9H8N4O3/c1-16-8(14)5-2-3-7-6(4-5)11-12-13(7)9(10)15/h2-4H,1H3,(H2,10,15). The summed E-state index contributed by atoms with van der Waals surface area (Å²) in [5.41, 5.74) is 6.27. The molecule has 1 aromatic carbocycles. The molecule has 0 saturated carbocycles. The molecule has 1 heterocycles. The summed E-state index contributed by atoms with van der Waals surface area (Å²) in [6.45, 7) is 0. The Morgan fingerprint density at radius 2 is 2.19 bits per heavy atom. The lowest BCUT2D eigenvalue weighted by Gasteiger charge is -1.98. The third-order valence-corrected chi connectivity index (χ3v) is 2.08. The van der Waals surface area contributed by atoms with E-state index >= 15 is 0 Å². The second-order valence-electron chi connectivity index (χ2n) is 3.03. The number of hydrogen-bond acceptors (Lipinski definition) is 5. The van der Waals surface area contributed by atoms with E-state index in [2.05, 4.69) is 15.0 Å². The predicted molar refractivity (Wildman–Crippen MR) is 53.8 cm³/mol. The van der Waals surface area contributed by atoms with Crippen LogP contribution in [-0.4, -0.2) is 34.1 Å². The van der Waals surface area contributed by atoms with Crippen LogP contribution in [0.4, 0.5) is 4.79 Å². The SMILES string of the molecule is COC(=O)c1ccc2c(c1)nnn2C(N)=O. The van der Waals surface area contributed by atoms with Crippen LogP contribution in [0.2, 0.25) is 0 Å². The fourth-order valence-electron chi connectivity index (χ4n) is 1.33. The van der Waals surface area contributed by atoms with Gasteiger partial charge in [-0.2, -0.15) is 4.68 Å². The molecular formula is C9H8N4O3. The van der Waals surface area contributed by atoms with Gasteiger partial charge in [0.25, 0.3) is 0 Å². The molecule has 2 aromatic rings. The van der Waals surface area contributed by atoms with E-state index in [0.717, 1.165) is 4.68 Å². The zero-order valence-corrected chi connectivity index (χ0v) is 8.38. The summed E-state index contributed by atoms with van der Waals surface area (Å²) in [5.74, 6) is -0.476. The van der Waals surface area contributed by atoms with Gasteiger partial charge in [-0.25, -0.2) is 9.59 Å². The Balaban J connectivity index is 2.57. The van der Waals surface area contributed by atoms with Crippen molar-refractivity contribution < 1.29 is 14.3 Å². The molecule has 2 rings (SSSR count). The summed E-state index contributed by atoms with van der Waals surface area (Å²) in [6.07, 6.45) is 0. The van der Waals surface area contributed by atoms with Gasteiger partial charge in [0, 0.05) is 0 Å². The number of nitrogens with zero attached hydrogens (tertiary/aromatic N) is 3. The molecule has 2 N–H and O–H groups in total. The number of primary amides is 1. The van der Waals surface area contributed by atoms with E-state index in [4.69, 9.17) is 5.73 Å². The molecule has 0 unspecified atom stereocenters. The maximum absolute atomic E-state index is 11.2. The van der Waals surface area contributed by atoms with Gasteiger partial charge in [-0.1, -0.05) is 5.21 Å². The first kappa shape index (κ1) is 10.1. The first-order valence-electron chi connectivity index (χ1n) is 4.37. The quantitative estimate of drug-likeness (QED) is 0.689. The van der Waals surface area contributed by atoms with Crippen LogP contribution in [0, 0.1) is 0 Å². The molecule has 0 bridgehead atoms. The van der Waals surface area contributed by atoms with Crippen LogP contribution in [0.5, 0.6) is 0 Å². The molecule has 16 heavy (non-hydrogen) atoms. The Morgan fingerprint density at radius 1 is 1.44 bits per heavy atom. The van der Waals surface area contributed by atoms with Crippen LogP contribution in [0.3, 0.4) is 0 Å². The summed E-state index contributed by atoms with van der Waals surface area (Å²) in [6, 6.07) is 3.80. The molecule has 82 valence electrons. The van der Waals surface area contributed by atoms with Crippen molar-refractivity contribution in [2.75, 3.05) is 7.11 Å². The summed E-state index contributed by atoms with van der Waals surface area (Å²) in [5, 5.41) is 7.28. The first-order chi connectivity index (χ1) is 7.63. The van der Waals surface area contributed by atoms with Gasteiger partial charge in [-0.15, -0.1) is 5.10 Å². The fraction of sp³-hybridized carbons (Fsp3) is 0.111. The maximum atomic E-state index is 11.2. The van der Waals surface area contributed by atoms with Crippen molar-refractivity contribution in [1.82, 2.24) is 15.0 Å². The Labute approximate surface area is 89.8 Å². The molecule has 7 heteroatoms. The summed E-state index contributed by atoms with van der Waals surface area (Å²) in [4.78, 5) is 22.2. The van der Waals surface area contributed by atoms with Crippen molar-refractivity contribution in [2.24, 2.45) is 5.73 Å². The van der Waals surface area contributed by atoms with E-state index in [1.165, 1.54) is 25.3 Å². The Hall–Kier alpha value is -2.44. The van der Waals surface area contributed by atoms with Crippen LogP contribution in [0.1, 0.15) is 10.4 Å². The number of hydrogen-bond donors (Lipinski definition) is 1. The molecule has 1 aromatic heterocycles. The van der Waals surface area contributed by atoms with Crippen LogP contribution in [0.15, 0.2) is 18.2 Å². The van der Waals surface area contributed by atoms with Gasteiger partial charge in [-0.05, 0) is 18.2 Å². The van der Waals surface area contributed by atoms with Crippen LogP contribution >= 0.6 is 0 Å². The second kappa shape index (κ2) is 3.61. The normalized spacial score (nSPS) is 10.3. The van der Waals surface area contributed by atoms with Gasteiger partial charge in [0.15, 0.2) is 0 Å². The third kappa shape index (κ3) is 1.48. The monoisotopic (exact) mass is 220 g/mol. The number of methoxy groups -OCH3 is 1. The number of benzene rings is 1. The van der Waals surface area contributed by atoms with Crippen LogP contribution in [0.25, 0.3) is 11.0 Å². The van der Waals surface area contributed by atoms with E-state index in [-0.39, 0.29) is 0 Å². The summed E-state index contributed by atoms with van der Waals surface area (Å²) >= 11 is 0. The highest BCUT2D eigenvalue weighted by Gasteiger charge is 2.12. The second-order valence-corrected chi connectivity index (χ2v) is 3.03. The average molecular weight is 220 g/mol. The molecular weight excluding hydrogens is 212 g/mol. The number of fused-ring (bicyclic) bond motifs is 1. The number of carbonyl (C=O) groups excluding carboxylic acids is 2. The Kier molecular flexibility index (Phi) is 2.28. The molecule has 0 saturated heterocycles. The predicted octanol–water partition coefficient (Wildman–Crippen LogP) is 0.145. The van der Waals surface area contributed by atoms with Gasteiger partial charge in [-0.3, -0.25) is 0 Å². The number of nitrogens with two attached hydrogens (primary N) is 1. The average Bonchev–Trinajstić information content (AvgIpc) is 2.70. The minimum Gasteiger partial charge on any atom is -0.465 e. The number of carbonyl (C=O) groups is 2. The van der Waals surface area contributed by atoms with Crippen molar-refractivity contribution in [3.05, 3.63) is 23.8 Å². The minimum absolute atomic E-state index is 0.339. The number of ether oxygens (including phenoxy) is 1. The van der Waals surface area contributed by atoms with E-state index in [0.29, 0.717) is 16.6 Å². The summed E-state index contributed by atoms with van der Waals surface area (Å²) < 4.78 is 5.51. The van der Waals surface area contributed by atoms with E-state index < -0.39 is 12.0 Å². The lowest BCUT2D eigenvalue weighted by Crippen LogP contribution is -2.20. The zero-order chi connectivity index (χ0) is 11.7. The molecule has 0 aliphatic carbocycles. The highest BCUT2D eigenvalue weighted by Crippen LogP contribution is 2.13. The van der Waals surface area contributed by atoms with Crippen molar-refractivity contribution in [1.29, 1.82) is 0 Å². The Morgan fingerprint density at radius 3 is 2.81 bits per heavy atom. The molecule has 1 amide bonds. The lowest BCUT2D eigenvalue weighted by molar-refractivity contribution is 0.0601. The topological polar surface area (TPSA) is 100 Å². The highest BCUT2D eigenvalue weighted by molar-refractivity contribution is 5.95. The first-order valence-corrected chi connectivity index (χ1v) is 4.37. The largest absolute Gasteiger partial charge is 0.465 e. The van der Waals surface area contributed by atoms with Gasteiger partial charge >= 0.3 is 12.0 Å². The minimum atomic E-state index is -0.728. The van der Waals surface area contributed by atoms with E-state index in [9.17, 15) is 9.59 Å². The van der Waals surface area contributed by atoms with Crippen LogP contribution in [-0.2, 0) is 4.74 Å².